The van der Waals surface area contributed by atoms with Crippen molar-refractivity contribution in [3.63, 3.8) is 0 Å². The lowest BCUT2D eigenvalue weighted by Crippen LogP contribution is -2.32. The number of hydrogen-bond acceptors (Lipinski definition) is 3. The molecule has 1 aliphatic heterocycles. The molecule has 2 aromatic carbocycles. The molecule has 0 aliphatic carbocycles. The summed E-state index contributed by atoms with van der Waals surface area (Å²) < 4.78 is 5.79. The zero-order valence-electron chi connectivity index (χ0n) is 15.7. The number of nitrogens with zero attached hydrogens (tertiary/aromatic N) is 3. The summed E-state index contributed by atoms with van der Waals surface area (Å²) in [5.74, 6) is -0.359. The summed E-state index contributed by atoms with van der Waals surface area (Å²) in [7, 11) is 0. The van der Waals surface area contributed by atoms with Gasteiger partial charge in [-0.2, -0.15) is 4.99 Å². The van der Waals surface area contributed by atoms with Crippen molar-refractivity contribution in [3.8, 4) is 11.1 Å². The number of carbonyl (C=O) groups is 1. The van der Waals surface area contributed by atoms with Crippen molar-refractivity contribution in [2.24, 2.45) is 4.99 Å². The summed E-state index contributed by atoms with van der Waals surface area (Å²) >= 11 is 0. The zero-order valence-corrected chi connectivity index (χ0v) is 15.7. The predicted octanol–water partition coefficient (Wildman–Crippen LogP) is 4.30. The first-order valence-electron chi connectivity index (χ1n) is 9.33. The number of amidine groups is 1. The van der Waals surface area contributed by atoms with E-state index >= 15 is 0 Å². The molecule has 3 aromatic rings. The van der Waals surface area contributed by atoms with Crippen molar-refractivity contribution in [2.45, 2.75) is 20.0 Å². The normalized spacial score (nSPS) is 13.3. The molecule has 1 amide bonds. The summed E-state index contributed by atoms with van der Waals surface area (Å²) in [5.41, 5.74) is 5.20. The molecule has 5 heteroatoms. The van der Waals surface area contributed by atoms with Crippen molar-refractivity contribution in [2.75, 3.05) is 6.61 Å². The van der Waals surface area contributed by atoms with Crippen LogP contribution >= 0.6 is 0 Å². The second kappa shape index (κ2) is 8.05. The van der Waals surface area contributed by atoms with E-state index in [0.29, 0.717) is 31.3 Å². The number of carbonyl (C=O) groups excluding carboxylic acids is 1. The predicted molar refractivity (Wildman–Crippen MR) is 109 cm³/mol. The Morgan fingerprint density at radius 3 is 2.21 bits per heavy atom. The molecule has 0 bridgehead atoms. The number of ether oxygens (including phenoxy) is 1. The molecule has 5 nitrogen and oxygen atoms in total. The Bertz CT molecular complexity index is 968. The maximum absolute atomic E-state index is 12.6. The number of aliphatic imine (C=N–C) groups is 1. The van der Waals surface area contributed by atoms with Crippen molar-refractivity contribution in [1.29, 1.82) is 0 Å². The van der Waals surface area contributed by atoms with Crippen molar-refractivity contribution in [3.05, 3.63) is 89.7 Å². The van der Waals surface area contributed by atoms with Crippen LogP contribution in [0.4, 0.5) is 0 Å². The van der Waals surface area contributed by atoms with Crippen LogP contribution in [0.25, 0.3) is 11.1 Å². The molecule has 0 fully saturated rings. The van der Waals surface area contributed by atoms with Gasteiger partial charge in [0.05, 0.1) is 12.2 Å². The topological polar surface area (TPSA) is 54.8 Å². The van der Waals surface area contributed by atoms with Crippen LogP contribution in [-0.2, 0) is 17.8 Å². The monoisotopic (exact) mass is 371 g/mol. The average molecular weight is 371 g/mol. The molecule has 1 aliphatic rings. The number of amides is 1. The van der Waals surface area contributed by atoms with E-state index in [4.69, 9.17) is 4.74 Å². The highest BCUT2D eigenvalue weighted by Crippen LogP contribution is 2.32. The van der Waals surface area contributed by atoms with Gasteiger partial charge < -0.3 is 9.64 Å². The van der Waals surface area contributed by atoms with E-state index < -0.39 is 0 Å². The highest BCUT2D eigenvalue weighted by Gasteiger charge is 2.23. The van der Waals surface area contributed by atoms with E-state index in [1.165, 1.54) is 28.5 Å². The average Bonchev–Trinajstić information content (AvgIpc) is 2.91. The molecular formula is C23H21N3O2. The minimum Gasteiger partial charge on any atom is -0.465 e. The first kappa shape index (κ1) is 17.9. The van der Waals surface area contributed by atoms with Gasteiger partial charge >= 0.3 is 0 Å². The van der Waals surface area contributed by atoms with Crippen molar-refractivity contribution >= 4 is 11.9 Å². The maximum Gasteiger partial charge on any atom is 0.296 e. The van der Waals surface area contributed by atoms with E-state index in [1.54, 1.807) is 18.3 Å². The third-order valence-electron chi connectivity index (χ3n) is 4.70. The fourth-order valence-electron chi connectivity index (χ4n) is 3.41. The number of benzene rings is 2. The molecular weight excluding hydrogens is 350 g/mol. The molecule has 0 saturated heterocycles. The molecule has 4 rings (SSSR count). The van der Waals surface area contributed by atoms with Gasteiger partial charge in [0.25, 0.3) is 11.9 Å². The van der Waals surface area contributed by atoms with E-state index in [1.807, 2.05) is 24.0 Å². The van der Waals surface area contributed by atoms with Crippen LogP contribution in [0.1, 0.15) is 28.4 Å². The molecule has 0 atom stereocenters. The first-order valence-corrected chi connectivity index (χ1v) is 9.33. The first-order chi connectivity index (χ1) is 13.8. The summed E-state index contributed by atoms with van der Waals surface area (Å²) in [6.45, 7) is 3.55. The molecule has 2 heterocycles. The molecule has 0 N–H and O–H groups in total. The number of hydrogen-bond donors (Lipinski definition) is 0. The molecule has 0 unspecified atom stereocenters. The number of rotatable bonds is 2. The minimum absolute atomic E-state index is 0.336. The van der Waals surface area contributed by atoms with E-state index in [-0.39, 0.29) is 5.91 Å². The smallest absolute Gasteiger partial charge is 0.296 e. The van der Waals surface area contributed by atoms with Crippen LogP contribution in [0.2, 0.25) is 0 Å². The Labute approximate surface area is 164 Å². The van der Waals surface area contributed by atoms with Crippen molar-refractivity contribution in [1.82, 2.24) is 9.88 Å². The summed E-state index contributed by atoms with van der Waals surface area (Å²) in [6, 6.07) is 20.4. The fourth-order valence-corrected chi connectivity index (χ4v) is 3.41. The Morgan fingerprint density at radius 1 is 1.00 bits per heavy atom. The van der Waals surface area contributed by atoms with Crippen LogP contribution in [-0.4, -0.2) is 28.4 Å². The summed E-state index contributed by atoms with van der Waals surface area (Å²) in [5, 5.41) is 0. The van der Waals surface area contributed by atoms with Gasteiger partial charge in [0.15, 0.2) is 0 Å². The van der Waals surface area contributed by atoms with Gasteiger partial charge in [-0.15, -0.1) is 0 Å². The maximum atomic E-state index is 12.6. The lowest BCUT2D eigenvalue weighted by molar-refractivity contribution is 0.0993. The lowest BCUT2D eigenvalue weighted by Gasteiger charge is -2.24. The number of pyridine rings is 1. The minimum atomic E-state index is -0.359. The zero-order chi connectivity index (χ0) is 19.3. The van der Waals surface area contributed by atoms with E-state index in [0.717, 1.165) is 0 Å². The Morgan fingerprint density at radius 2 is 1.64 bits per heavy atom. The SMILES string of the molecule is CCO/C(=N\C(=O)c1cccnc1)N1Cc2ccccc2-c2ccccc2C1. The summed E-state index contributed by atoms with van der Waals surface area (Å²) in [6.07, 6.45) is 3.15. The van der Waals surface area contributed by atoms with E-state index in [9.17, 15) is 4.79 Å². The highest BCUT2D eigenvalue weighted by molar-refractivity contribution is 6.01. The Balaban J connectivity index is 1.74. The molecule has 0 radical (unpaired) electrons. The third kappa shape index (κ3) is 3.64. The van der Waals surface area contributed by atoms with Crippen LogP contribution in [0.5, 0.6) is 0 Å². The van der Waals surface area contributed by atoms with Crippen LogP contribution in [0.3, 0.4) is 0 Å². The van der Waals surface area contributed by atoms with Gasteiger partial charge in [-0.05, 0) is 41.3 Å². The highest BCUT2D eigenvalue weighted by atomic mass is 16.5. The largest absolute Gasteiger partial charge is 0.465 e. The number of fused-ring (bicyclic) bond motifs is 3. The van der Waals surface area contributed by atoms with Gasteiger partial charge in [0.1, 0.15) is 0 Å². The van der Waals surface area contributed by atoms with Gasteiger partial charge in [-0.25, -0.2) is 0 Å². The lowest BCUT2D eigenvalue weighted by atomic mass is 9.97. The second-order valence-electron chi connectivity index (χ2n) is 6.54. The quantitative estimate of drug-likeness (QED) is 0.498. The molecule has 28 heavy (non-hydrogen) atoms. The molecule has 0 saturated carbocycles. The molecule has 140 valence electrons. The van der Waals surface area contributed by atoms with Gasteiger partial charge in [-0.1, -0.05) is 48.5 Å². The summed E-state index contributed by atoms with van der Waals surface area (Å²) in [4.78, 5) is 22.9. The molecule has 1 aromatic heterocycles. The van der Waals surface area contributed by atoms with E-state index in [2.05, 4.69) is 46.4 Å². The molecule has 0 spiro atoms. The van der Waals surface area contributed by atoms with Crippen LogP contribution in [0, 0.1) is 0 Å². The van der Waals surface area contributed by atoms with Crippen LogP contribution in [0.15, 0.2) is 78.0 Å². The van der Waals surface area contributed by atoms with Crippen molar-refractivity contribution < 1.29 is 9.53 Å². The van der Waals surface area contributed by atoms with Gasteiger partial charge in [0, 0.05) is 25.5 Å². The van der Waals surface area contributed by atoms with Gasteiger partial charge in [-0.3, -0.25) is 9.78 Å². The van der Waals surface area contributed by atoms with Crippen LogP contribution < -0.4 is 0 Å². The number of aromatic nitrogens is 1. The standard InChI is InChI=1S/C23H21N3O2/c1-2-28-23(25-22(27)17-10-7-13-24-14-17)26-15-18-8-3-5-11-20(18)21-12-6-4-9-19(21)16-26/h3-14H,2,15-16H2,1H3/b25-23-. The second-order valence-corrected chi connectivity index (χ2v) is 6.54. The Kier molecular flexibility index (Phi) is 5.15. The fraction of sp³-hybridized carbons (Fsp3) is 0.174. The third-order valence-corrected chi connectivity index (χ3v) is 4.70. The Hall–Kier alpha value is -3.47. The van der Waals surface area contributed by atoms with Gasteiger partial charge in [0.2, 0.25) is 0 Å².